The normalized spacial score (nSPS) is 12.0. The van der Waals surface area contributed by atoms with Crippen LogP contribution in [0, 0.1) is 0 Å². The standard InChI is InChI=1S/C20H18N4O2S/c25-12-17(13-4-2-1-3-5-13)24-20(26)18-16(8-11-27-18)23-15-7-10-22-19-14(15)6-9-21-19/h1-11,17,25H,12H2,(H,24,26)(H2,21,22,23)/t17-/m1/s1. The van der Waals surface area contributed by atoms with Crippen molar-refractivity contribution in [2.45, 2.75) is 6.04 Å². The quantitative estimate of drug-likeness (QED) is 0.410. The van der Waals surface area contributed by atoms with E-state index in [1.165, 1.54) is 11.3 Å². The molecule has 136 valence electrons. The summed E-state index contributed by atoms with van der Waals surface area (Å²) in [5.74, 6) is -0.227. The number of fused-ring (bicyclic) bond motifs is 1. The summed E-state index contributed by atoms with van der Waals surface area (Å²) in [5, 5.41) is 18.7. The van der Waals surface area contributed by atoms with Crippen molar-refractivity contribution < 1.29 is 9.90 Å². The van der Waals surface area contributed by atoms with E-state index in [2.05, 4.69) is 20.6 Å². The van der Waals surface area contributed by atoms with E-state index >= 15 is 0 Å². The summed E-state index contributed by atoms with van der Waals surface area (Å²) in [5.41, 5.74) is 3.24. The summed E-state index contributed by atoms with van der Waals surface area (Å²) in [6.07, 6.45) is 3.54. The van der Waals surface area contributed by atoms with Gasteiger partial charge in [-0.3, -0.25) is 4.79 Å². The molecule has 0 bridgehead atoms. The Balaban J connectivity index is 1.56. The molecule has 3 heterocycles. The van der Waals surface area contributed by atoms with E-state index < -0.39 is 6.04 Å². The van der Waals surface area contributed by atoms with Gasteiger partial charge in [0.25, 0.3) is 5.91 Å². The minimum absolute atomic E-state index is 0.168. The molecular formula is C20H18N4O2S. The first-order chi connectivity index (χ1) is 13.3. The monoisotopic (exact) mass is 378 g/mol. The molecule has 4 N–H and O–H groups in total. The van der Waals surface area contributed by atoms with Crippen LogP contribution in [0.1, 0.15) is 21.3 Å². The number of hydrogen-bond donors (Lipinski definition) is 4. The maximum Gasteiger partial charge on any atom is 0.264 e. The number of pyridine rings is 1. The fourth-order valence-corrected chi connectivity index (χ4v) is 3.69. The molecule has 1 atom stereocenters. The van der Waals surface area contributed by atoms with Crippen LogP contribution in [0.4, 0.5) is 11.4 Å². The second-order valence-electron chi connectivity index (χ2n) is 6.01. The number of nitrogens with zero attached hydrogens (tertiary/aromatic N) is 1. The number of aliphatic hydroxyl groups is 1. The molecule has 0 fully saturated rings. The highest BCUT2D eigenvalue weighted by Crippen LogP contribution is 2.30. The number of aliphatic hydroxyl groups excluding tert-OH is 1. The van der Waals surface area contributed by atoms with Gasteiger partial charge in [-0.1, -0.05) is 30.3 Å². The lowest BCUT2D eigenvalue weighted by Crippen LogP contribution is -2.30. The summed E-state index contributed by atoms with van der Waals surface area (Å²) < 4.78 is 0. The lowest BCUT2D eigenvalue weighted by atomic mass is 10.1. The predicted octanol–water partition coefficient (Wildman–Crippen LogP) is 3.83. The van der Waals surface area contributed by atoms with Crippen molar-refractivity contribution in [1.29, 1.82) is 0 Å². The lowest BCUT2D eigenvalue weighted by molar-refractivity contribution is 0.0921. The fourth-order valence-electron chi connectivity index (χ4n) is 2.94. The van der Waals surface area contributed by atoms with Crippen LogP contribution in [-0.2, 0) is 0 Å². The first-order valence-electron chi connectivity index (χ1n) is 8.49. The van der Waals surface area contributed by atoms with Crippen LogP contribution in [0.2, 0.25) is 0 Å². The van der Waals surface area contributed by atoms with Gasteiger partial charge in [-0.25, -0.2) is 4.98 Å². The van der Waals surface area contributed by atoms with Gasteiger partial charge in [0.2, 0.25) is 0 Å². The van der Waals surface area contributed by atoms with Crippen LogP contribution in [0.3, 0.4) is 0 Å². The average molecular weight is 378 g/mol. The van der Waals surface area contributed by atoms with Gasteiger partial charge >= 0.3 is 0 Å². The van der Waals surface area contributed by atoms with E-state index in [0.717, 1.165) is 28.0 Å². The summed E-state index contributed by atoms with van der Waals surface area (Å²) in [7, 11) is 0. The molecule has 1 amide bonds. The zero-order chi connectivity index (χ0) is 18.6. The number of aromatic amines is 1. The molecule has 0 saturated carbocycles. The van der Waals surface area contributed by atoms with Crippen molar-refractivity contribution in [3.8, 4) is 0 Å². The highest BCUT2D eigenvalue weighted by Gasteiger charge is 2.19. The van der Waals surface area contributed by atoms with Gasteiger partial charge < -0.3 is 20.7 Å². The highest BCUT2D eigenvalue weighted by atomic mass is 32.1. The number of rotatable bonds is 6. The first kappa shape index (κ1) is 17.3. The predicted molar refractivity (Wildman–Crippen MR) is 107 cm³/mol. The third kappa shape index (κ3) is 3.55. The van der Waals surface area contributed by atoms with E-state index in [9.17, 15) is 9.90 Å². The lowest BCUT2D eigenvalue weighted by Gasteiger charge is -2.17. The number of anilines is 2. The maximum absolute atomic E-state index is 12.8. The molecule has 0 spiro atoms. The third-order valence-electron chi connectivity index (χ3n) is 4.29. The topological polar surface area (TPSA) is 90.0 Å². The number of thiophene rings is 1. The number of amides is 1. The van der Waals surface area contributed by atoms with E-state index in [0.29, 0.717) is 4.88 Å². The largest absolute Gasteiger partial charge is 0.394 e. The van der Waals surface area contributed by atoms with Gasteiger partial charge in [0.1, 0.15) is 10.5 Å². The van der Waals surface area contributed by atoms with Crippen molar-refractivity contribution >= 4 is 39.7 Å². The Hall–Kier alpha value is -3.16. The van der Waals surface area contributed by atoms with E-state index in [4.69, 9.17) is 0 Å². The highest BCUT2D eigenvalue weighted by molar-refractivity contribution is 7.12. The van der Waals surface area contributed by atoms with Crippen molar-refractivity contribution in [2.75, 3.05) is 11.9 Å². The molecule has 7 heteroatoms. The van der Waals surface area contributed by atoms with Crippen LogP contribution in [-0.4, -0.2) is 27.6 Å². The van der Waals surface area contributed by atoms with Gasteiger partial charge in [0.05, 0.1) is 24.0 Å². The van der Waals surface area contributed by atoms with Gasteiger partial charge in [-0.15, -0.1) is 11.3 Å². The second-order valence-corrected chi connectivity index (χ2v) is 6.92. The Morgan fingerprint density at radius 3 is 2.81 bits per heavy atom. The number of carbonyl (C=O) groups excluding carboxylic acids is 1. The SMILES string of the molecule is O=C(N[C@H](CO)c1ccccc1)c1sccc1Nc1ccnc2[nH]ccc12. The minimum Gasteiger partial charge on any atom is -0.394 e. The fraction of sp³-hybridized carbons (Fsp3) is 0.100. The number of hydrogen-bond acceptors (Lipinski definition) is 5. The summed E-state index contributed by atoms with van der Waals surface area (Å²) >= 11 is 1.35. The van der Waals surface area contributed by atoms with Gasteiger partial charge in [-0.05, 0) is 29.1 Å². The Labute approximate surface area is 159 Å². The third-order valence-corrected chi connectivity index (χ3v) is 5.20. The molecule has 0 aliphatic rings. The first-order valence-corrected chi connectivity index (χ1v) is 9.37. The molecule has 1 aromatic carbocycles. The molecule has 27 heavy (non-hydrogen) atoms. The molecular weight excluding hydrogens is 360 g/mol. The zero-order valence-corrected chi connectivity index (χ0v) is 15.2. The Bertz CT molecular complexity index is 1060. The van der Waals surface area contributed by atoms with Crippen molar-refractivity contribution in [2.24, 2.45) is 0 Å². The number of benzene rings is 1. The zero-order valence-electron chi connectivity index (χ0n) is 14.3. The number of H-pyrrole nitrogens is 1. The van der Waals surface area contributed by atoms with E-state index in [-0.39, 0.29) is 12.5 Å². The molecule has 0 unspecified atom stereocenters. The molecule has 0 saturated heterocycles. The molecule has 0 radical (unpaired) electrons. The maximum atomic E-state index is 12.8. The second kappa shape index (κ2) is 7.61. The summed E-state index contributed by atoms with van der Waals surface area (Å²) in [6.45, 7) is -0.168. The van der Waals surface area contributed by atoms with Gasteiger partial charge in [-0.2, -0.15) is 0 Å². The van der Waals surface area contributed by atoms with Gasteiger partial charge in [0.15, 0.2) is 0 Å². The minimum atomic E-state index is -0.453. The Kier molecular flexibility index (Phi) is 4.86. The molecule has 4 rings (SSSR count). The van der Waals surface area contributed by atoms with Crippen LogP contribution in [0.5, 0.6) is 0 Å². The van der Waals surface area contributed by atoms with Crippen molar-refractivity contribution in [1.82, 2.24) is 15.3 Å². The Morgan fingerprint density at radius 2 is 2.00 bits per heavy atom. The van der Waals surface area contributed by atoms with Crippen molar-refractivity contribution in [3.05, 3.63) is 76.7 Å². The molecule has 3 aromatic heterocycles. The number of carbonyl (C=O) groups is 1. The van der Waals surface area contributed by atoms with Crippen molar-refractivity contribution in [3.63, 3.8) is 0 Å². The smallest absolute Gasteiger partial charge is 0.264 e. The van der Waals surface area contributed by atoms with E-state index in [1.807, 2.05) is 60.1 Å². The molecule has 0 aliphatic carbocycles. The van der Waals surface area contributed by atoms with Crippen LogP contribution in [0.15, 0.2) is 66.3 Å². The Morgan fingerprint density at radius 1 is 1.15 bits per heavy atom. The van der Waals surface area contributed by atoms with Crippen LogP contribution >= 0.6 is 11.3 Å². The summed E-state index contributed by atoms with van der Waals surface area (Å²) in [4.78, 5) is 20.7. The van der Waals surface area contributed by atoms with E-state index in [1.54, 1.807) is 6.20 Å². The van der Waals surface area contributed by atoms with Crippen LogP contribution in [0.25, 0.3) is 11.0 Å². The van der Waals surface area contributed by atoms with Gasteiger partial charge in [0, 0.05) is 17.8 Å². The number of nitrogens with one attached hydrogen (secondary N) is 3. The number of aromatic nitrogens is 2. The summed E-state index contributed by atoms with van der Waals surface area (Å²) in [6, 6.07) is 14.7. The molecule has 4 aromatic rings. The van der Waals surface area contributed by atoms with Crippen LogP contribution < -0.4 is 10.6 Å². The molecule has 0 aliphatic heterocycles. The molecule has 6 nitrogen and oxygen atoms in total. The average Bonchev–Trinajstić information content (AvgIpc) is 3.36.